The highest BCUT2D eigenvalue weighted by Crippen LogP contribution is 2.46. The van der Waals surface area contributed by atoms with Crippen LogP contribution in [-0.4, -0.2) is 42.1 Å². The molecule has 0 bridgehead atoms. The van der Waals surface area contributed by atoms with Crippen molar-refractivity contribution in [1.29, 1.82) is 0 Å². The monoisotopic (exact) mass is 477 g/mol. The maximum absolute atomic E-state index is 13.7. The predicted molar refractivity (Wildman–Crippen MR) is 138 cm³/mol. The van der Waals surface area contributed by atoms with Gasteiger partial charge in [-0.15, -0.1) is 0 Å². The summed E-state index contributed by atoms with van der Waals surface area (Å²) >= 11 is 0. The molecule has 1 N–H and O–H groups in total. The van der Waals surface area contributed by atoms with E-state index in [2.05, 4.69) is 25.3 Å². The highest BCUT2D eigenvalue weighted by Gasteiger charge is 2.34. The summed E-state index contributed by atoms with van der Waals surface area (Å²) in [6, 6.07) is 19.4. The molecule has 4 heterocycles. The summed E-state index contributed by atoms with van der Waals surface area (Å²) in [7, 11) is 0. The van der Waals surface area contributed by atoms with Gasteiger partial charge in [-0.3, -0.25) is 4.79 Å². The number of anilines is 3. The number of rotatable bonds is 5. The van der Waals surface area contributed by atoms with Gasteiger partial charge in [-0.1, -0.05) is 35.5 Å². The van der Waals surface area contributed by atoms with Crippen LogP contribution in [0.4, 0.5) is 17.2 Å². The summed E-state index contributed by atoms with van der Waals surface area (Å²) in [5, 5.41) is 8.71. The summed E-state index contributed by atoms with van der Waals surface area (Å²) in [4.78, 5) is 22.8. The molecule has 7 rings (SSSR count). The maximum Gasteiger partial charge on any atom is 0.196 e. The van der Waals surface area contributed by atoms with E-state index in [1.807, 2.05) is 66.9 Å². The van der Waals surface area contributed by atoms with Crippen molar-refractivity contribution in [2.75, 3.05) is 41.3 Å². The molecule has 8 nitrogen and oxygen atoms in total. The molecule has 8 heteroatoms. The van der Waals surface area contributed by atoms with Crippen molar-refractivity contribution < 1.29 is 13.7 Å². The van der Waals surface area contributed by atoms with Crippen molar-refractivity contribution in [1.82, 2.24) is 10.1 Å². The first-order valence-electron chi connectivity index (χ1n) is 12.1. The van der Waals surface area contributed by atoms with E-state index >= 15 is 0 Å². The Morgan fingerprint density at radius 3 is 2.50 bits per heavy atom. The fourth-order valence-corrected chi connectivity index (χ4v) is 5.24. The van der Waals surface area contributed by atoms with E-state index in [0.717, 1.165) is 65.6 Å². The van der Waals surface area contributed by atoms with E-state index in [4.69, 9.17) is 8.94 Å². The molecule has 0 unspecified atom stereocenters. The summed E-state index contributed by atoms with van der Waals surface area (Å²) in [6.07, 6.45) is 3.47. The lowest BCUT2D eigenvalue weighted by molar-refractivity contribution is 0.104. The molecule has 5 aromatic rings. The topological polar surface area (TPSA) is 87.6 Å². The maximum atomic E-state index is 13.7. The summed E-state index contributed by atoms with van der Waals surface area (Å²) in [6.45, 7) is 3.74. The molecule has 178 valence electrons. The van der Waals surface area contributed by atoms with Crippen LogP contribution in [0.3, 0.4) is 0 Å². The molecule has 0 amide bonds. The van der Waals surface area contributed by atoms with E-state index < -0.39 is 0 Å². The molecule has 0 atom stereocenters. The second-order valence-corrected chi connectivity index (χ2v) is 9.02. The zero-order valence-electron chi connectivity index (χ0n) is 19.5. The smallest absolute Gasteiger partial charge is 0.196 e. The minimum Gasteiger partial charge on any atom is -0.467 e. The Morgan fingerprint density at radius 2 is 1.72 bits per heavy atom. The lowest BCUT2D eigenvalue weighted by Crippen LogP contribution is -2.47. The Labute approximate surface area is 207 Å². The van der Waals surface area contributed by atoms with Crippen LogP contribution < -0.4 is 15.1 Å². The predicted octanol–water partition coefficient (Wildman–Crippen LogP) is 4.97. The lowest BCUT2D eigenvalue weighted by Gasteiger charge is -2.37. The minimum absolute atomic E-state index is 0.0280. The van der Waals surface area contributed by atoms with Crippen molar-refractivity contribution in [3.63, 3.8) is 0 Å². The zero-order valence-corrected chi connectivity index (χ0v) is 19.5. The first-order chi connectivity index (χ1) is 17.8. The zero-order chi connectivity index (χ0) is 24.1. The normalized spacial score (nSPS) is 14.8. The molecule has 2 aromatic carbocycles. The first-order valence-corrected chi connectivity index (χ1v) is 12.1. The average molecular weight is 478 g/mol. The highest BCUT2D eigenvalue weighted by molar-refractivity contribution is 6.28. The molecule has 0 spiro atoms. The Balaban J connectivity index is 1.31. The Kier molecular flexibility index (Phi) is 4.77. The third-order valence-corrected chi connectivity index (χ3v) is 7.01. The summed E-state index contributed by atoms with van der Waals surface area (Å²) < 4.78 is 11.4. The molecule has 1 fully saturated rings. The van der Waals surface area contributed by atoms with Gasteiger partial charge in [0.2, 0.25) is 0 Å². The van der Waals surface area contributed by atoms with Crippen molar-refractivity contribution in [2.45, 2.75) is 6.54 Å². The molecule has 0 radical (unpaired) electrons. The second-order valence-electron chi connectivity index (χ2n) is 9.02. The summed E-state index contributed by atoms with van der Waals surface area (Å²) in [5.74, 6) is 2.39. The number of benzene rings is 2. The number of ketones is 1. The van der Waals surface area contributed by atoms with Gasteiger partial charge < -0.3 is 24.1 Å². The van der Waals surface area contributed by atoms with E-state index in [1.165, 1.54) is 0 Å². The van der Waals surface area contributed by atoms with Gasteiger partial charge in [0.05, 0.1) is 29.4 Å². The Hall–Kier alpha value is -4.59. The SMILES string of the molecule is O=C1c2ccccc2-c2onc3c(N4CCN(c5ccccn5)CC4)cc(NCc4ccco4)c1c23. The van der Waals surface area contributed by atoms with Gasteiger partial charge in [0, 0.05) is 49.2 Å². The van der Waals surface area contributed by atoms with Crippen LogP contribution in [0.1, 0.15) is 21.7 Å². The van der Waals surface area contributed by atoms with Crippen LogP contribution in [-0.2, 0) is 6.54 Å². The number of hydrogen-bond donors (Lipinski definition) is 1. The summed E-state index contributed by atoms with van der Waals surface area (Å²) in [5.41, 5.74) is 4.44. The van der Waals surface area contributed by atoms with E-state index in [1.54, 1.807) is 6.26 Å². The third kappa shape index (κ3) is 3.25. The van der Waals surface area contributed by atoms with Crippen LogP contribution in [0.15, 0.2) is 82.1 Å². The van der Waals surface area contributed by atoms with Gasteiger partial charge in [-0.05, 0) is 30.3 Å². The van der Waals surface area contributed by atoms with Gasteiger partial charge in [0.1, 0.15) is 17.1 Å². The van der Waals surface area contributed by atoms with Crippen LogP contribution in [0.2, 0.25) is 0 Å². The van der Waals surface area contributed by atoms with Gasteiger partial charge in [-0.2, -0.15) is 0 Å². The Bertz CT molecular complexity index is 1570. The van der Waals surface area contributed by atoms with Gasteiger partial charge in [0.25, 0.3) is 0 Å². The molecule has 1 aliphatic carbocycles. The number of nitrogens with one attached hydrogen (secondary N) is 1. The minimum atomic E-state index is -0.0280. The molecular formula is C28H23N5O3. The van der Waals surface area contributed by atoms with Gasteiger partial charge >= 0.3 is 0 Å². The van der Waals surface area contributed by atoms with Crippen molar-refractivity contribution >= 4 is 33.9 Å². The number of carbonyl (C=O) groups excluding carboxylic acids is 1. The quantitative estimate of drug-likeness (QED) is 0.373. The van der Waals surface area contributed by atoms with Crippen LogP contribution >= 0.6 is 0 Å². The molecule has 2 aliphatic rings. The lowest BCUT2D eigenvalue weighted by atomic mass is 9.86. The second kappa shape index (κ2) is 8.27. The van der Waals surface area contributed by atoms with Crippen LogP contribution in [0.5, 0.6) is 0 Å². The van der Waals surface area contributed by atoms with E-state index in [0.29, 0.717) is 23.4 Å². The number of hydrogen-bond acceptors (Lipinski definition) is 8. The van der Waals surface area contributed by atoms with Gasteiger partial charge in [0.15, 0.2) is 11.5 Å². The highest BCUT2D eigenvalue weighted by atomic mass is 16.5. The molecule has 1 saturated heterocycles. The number of carbonyl (C=O) groups is 1. The van der Waals surface area contributed by atoms with E-state index in [-0.39, 0.29) is 5.78 Å². The Morgan fingerprint density at radius 1 is 0.917 bits per heavy atom. The number of nitrogens with zero attached hydrogens (tertiary/aromatic N) is 4. The fourth-order valence-electron chi connectivity index (χ4n) is 5.24. The largest absolute Gasteiger partial charge is 0.467 e. The van der Waals surface area contributed by atoms with Crippen molar-refractivity contribution in [3.05, 3.63) is 90.0 Å². The van der Waals surface area contributed by atoms with Crippen molar-refractivity contribution in [2.24, 2.45) is 0 Å². The standard InChI is InChI=1S/C28H23N5O3/c34-27-19-7-1-2-8-20(19)28-25-24(27)21(30-17-18-6-5-15-35-18)16-22(26(25)31-36-28)32-11-13-33(14-12-32)23-9-3-4-10-29-23/h1-10,15-16,30H,11-14,17H2. The molecule has 36 heavy (non-hydrogen) atoms. The molecular weight excluding hydrogens is 454 g/mol. The number of fused-ring (bicyclic) bond motifs is 2. The van der Waals surface area contributed by atoms with Crippen LogP contribution in [0, 0.1) is 0 Å². The number of pyridine rings is 1. The van der Waals surface area contributed by atoms with Crippen LogP contribution in [0.25, 0.3) is 22.2 Å². The first kappa shape index (κ1) is 20.8. The molecule has 0 saturated carbocycles. The number of aromatic nitrogens is 2. The number of piperazine rings is 1. The third-order valence-electron chi connectivity index (χ3n) is 7.01. The fraction of sp³-hybridized carbons (Fsp3) is 0.179. The molecule has 3 aromatic heterocycles. The van der Waals surface area contributed by atoms with Crippen molar-refractivity contribution in [3.8, 4) is 11.3 Å². The van der Waals surface area contributed by atoms with Gasteiger partial charge in [-0.25, -0.2) is 4.98 Å². The number of furan rings is 1. The average Bonchev–Trinajstić information content (AvgIpc) is 3.62. The molecule has 1 aliphatic heterocycles. The van der Waals surface area contributed by atoms with E-state index in [9.17, 15) is 4.79 Å².